The minimum absolute atomic E-state index is 0.638. The third-order valence-electron chi connectivity index (χ3n) is 9.73. The minimum Gasteiger partial charge on any atom is -0.309 e. The van der Waals surface area contributed by atoms with Crippen LogP contribution in [0.3, 0.4) is 0 Å². The molecule has 0 saturated heterocycles. The molecule has 0 aliphatic heterocycles. The minimum atomic E-state index is 0.638. The predicted octanol–water partition coefficient (Wildman–Crippen LogP) is 11.7. The van der Waals surface area contributed by atoms with Crippen molar-refractivity contribution in [3.8, 4) is 45.3 Å². The number of para-hydroxylation sites is 3. The molecule has 0 unspecified atom stereocenters. The molecular weight excluding hydrogens is 609 g/mol. The summed E-state index contributed by atoms with van der Waals surface area (Å²) >= 11 is 0. The zero-order chi connectivity index (χ0) is 33.0. The van der Waals surface area contributed by atoms with Gasteiger partial charge in [-0.2, -0.15) is 0 Å². The van der Waals surface area contributed by atoms with E-state index in [1.54, 1.807) is 0 Å². The molecule has 0 fully saturated rings. The normalized spacial score (nSPS) is 11.6. The summed E-state index contributed by atoms with van der Waals surface area (Å²) in [5, 5.41) is 4.79. The summed E-state index contributed by atoms with van der Waals surface area (Å²) < 4.78 is 4.65. The molecule has 0 atom stereocenters. The lowest BCUT2D eigenvalue weighted by Crippen LogP contribution is -2.04. The summed E-state index contributed by atoms with van der Waals surface area (Å²) in [6, 6.07) is 64.2. The lowest BCUT2D eigenvalue weighted by Gasteiger charge is -2.13. The lowest BCUT2D eigenvalue weighted by molar-refractivity contribution is 0.996. The topological polar surface area (TPSA) is 35.6 Å². The van der Waals surface area contributed by atoms with Gasteiger partial charge in [0.15, 0.2) is 0 Å². The predicted molar refractivity (Wildman–Crippen MR) is 207 cm³/mol. The van der Waals surface area contributed by atoms with Crippen LogP contribution in [0.5, 0.6) is 0 Å². The van der Waals surface area contributed by atoms with E-state index < -0.39 is 0 Å². The van der Waals surface area contributed by atoms with Gasteiger partial charge in [-0.1, -0.05) is 140 Å². The zero-order valence-corrected chi connectivity index (χ0v) is 27.1. The smallest absolute Gasteiger partial charge is 0.235 e. The van der Waals surface area contributed by atoms with Gasteiger partial charge >= 0.3 is 0 Å². The molecule has 0 saturated carbocycles. The highest BCUT2D eigenvalue weighted by atomic mass is 15.2. The van der Waals surface area contributed by atoms with Crippen molar-refractivity contribution in [2.75, 3.05) is 0 Å². The molecule has 4 nitrogen and oxygen atoms in total. The molecule has 0 aliphatic carbocycles. The maximum Gasteiger partial charge on any atom is 0.235 e. The highest BCUT2D eigenvalue weighted by Crippen LogP contribution is 2.42. The molecule has 7 aromatic carbocycles. The van der Waals surface area contributed by atoms with Crippen LogP contribution in [0.4, 0.5) is 0 Å². The Bertz CT molecular complexity index is 2850. The van der Waals surface area contributed by atoms with Crippen molar-refractivity contribution in [3.05, 3.63) is 182 Å². The maximum absolute atomic E-state index is 5.36. The van der Waals surface area contributed by atoms with Gasteiger partial charge in [0.05, 0.1) is 33.5 Å². The van der Waals surface area contributed by atoms with Crippen molar-refractivity contribution < 1.29 is 0 Å². The van der Waals surface area contributed by atoms with Gasteiger partial charge in [0, 0.05) is 38.4 Å². The molecule has 0 spiro atoms. The van der Waals surface area contributed by atoms with Crippen LogP contribution in [0.15, 0.2) is 182 Å². The van der Waals surface area contributed by atoms with Crippen LogP contribution < -0.4 is 0 Å². The molecule has 0 radical (unpaired) electrons. The molecule has 50 heavy (non-hydrogen) atoms. The Morgan fingerprint density at radius 1 is 0.340 bits per heavy atom. The SMILES string of the molecule is c1ccc(-c2cccc(-c3cc(-c4ccccc4)nc(-n4c5ccccc5c5c4ccc4c6ccccc6n(-c6ccccc6)c45)n3)c2)cc1. The van der Waals surface area contributed by atoms with Crippen LogP contribution in [-0.2, 0) is 0 Å². The molecule has 0 bridgehead atoms. The van der Waals surface area contributed by atoms with E-state index in [9.17, 15) is 0 Å². The van der Waals surface area contributed by atoms with Crippen molar-refractivity contribution in [1.29, 1.82) is 0 Å². The molecule has 10 aromatic rings. The summed E-state index contributed by atoms with van der Waals surface area (Å²) in [7, 11) is 0. The van der Waals surface area contributed by atoms with Gasteiger partial charge in [0.2, 0.25) is 5.95 Å². The van der Waals surface area contributed by atoms with Crippen LogP contribution in [0.2, 0.25) is 0 Å². The van der Waals surface area contributed by atoms with E-state index in [-0.39, 0.29) is 0 Å². The van der Waals surface area contributed by atoms with Crippen LogP contribution in [0, 0.1) is 0 Å². The van der Waals surface area contributed by atoms with Gasteiger partial charge in [0.25, 0.3) is 0 Å². The van der Waals surface area contributed by atoms with Crippen LogP contribution in [0.25, 0.3) is 88.9 Å². The first-order chi connectivity index (χ1) is 24.8. The average Bonchev–Trinajstić information content (AvgIpc) is 3.72. The van der Waals surface area contributed by atoms with Crippen molar-refractivity contribution in [1.82, 2.24) is 19.1 Å². The number of benzene rings is 7. The van der Waals surface area contributed by atoms with Crippen LogP contribution >= 0.6 is 0 Å². The van der Waals surface area contributed by atoms with E-state index in [4.69, 9.17) is 9.97 Å². The Morgan fingerprint density at radius 3 is 1.64 bits per heavy atom. The quantitative estimate of drug-likeness (QED) is 0.188. The third-order valence-corrected chi connectivity index (χ3v) is 9.73. The molecule has 0 amide bonds. The monoisotopic (exact) mass is 638 g/mol. The summed E-state index contributed by atoms with van der Waals surface area (Å²) in [6.07, 6.45) is 0. The number of aromatic nitrogens is 4. The van der Waals surface area contributed by atoms with Crippen LogP contribution in [0.1, 0.15) is 0 Å². The molecule has 0 N–H and O–H groups in total. The molecule has 3 heterocycles. The molecule has 3 aromatic heterocycles. The highest BCUT2D eigenvalue weighted by Gasteiger charge is 2.22. The first-order valence-corrected chi connectivity index (χ1v) is 16.9. The second-order valence-electron chi connectivity index (χ2n) is 12.6. The maximum atomic E-state index is 5.36. The van der Waals surface area contributed by atoms with Gasteiger partial charge in [-0.3, -0.25) is 4.57 Å². The Balaban J connectivity index is 1.29. The van der Waals surface area contributed by atoms with Gasteiger partial charge in [-0.15, -0.1) is 0 Å². The number of rotatable bonds is 5. The van der Waals surface area contributed by atoms with Crippen molar-refractivity contribution >= 4 is 43.6 Å². The third kappa shape index (κ3) is 4.46. The largest absolute Gasteiger partial charge is 0.309 e. The summed E-state index contributed by atoms with van der Waals surface area (Å²) in [4.78, 5) is 10.7. The van der Waals surface area contributed by atoms with E-state index in [1.807, 2.05) is 6.07 Å². The summed E-state index contributed by atoms with van der Waals surface area (Å²) in [5.41, 5.74) is 11.8. The number of nitrogens with zero attached hydrogens (tertiary/aromatic N) is 4. The molecule has 10 rings (SSSR count). The van der Waals surface area contributed by atoms with E-state index >= 15 is 0 Å². The van der Waals surface area contributed by atoms with Gasteiger partial charge in [0.1, 0.15) is 0 Å². The van der Waals surface area contributed by atoms with Crippen LogP contribution in [-0.4, -0.2) is 19.1 Å². The Hall–Kier alpha value is -6.78. The average molecular weight is 639 g/mol. The second-order valence-corrected chi connectivity index (χ2v) is 12.6. The Labute approximate surface area is 289 Å². The lowest BCUT2D eigenvalue weighted by atomic mass is 10.0. The fourth-order valence-corrected chi connectivity index (χ4v) is 7.50. The molecule has 234 valence electrons. The van der Waals surface area contributed by atoms with Gasteiger partial charge in [-0.25, -0.2) is 9.97 Å². The summed E-state index contributed by atoms with van der Waals surface area (Å²) in [6.45, 7) is 0. The number of fused-ring (bicyclic) bond motifs is 7. The first kappa shape index (κ1) is 28.3. The zero-order valence-electron chi connectivity index (χ0n) is 27.1. The van der Waals surface area contributed by atoms with Crippen molar-refractivity contribution in [3.63, 3.8) is 0 Å². The Kier molecular flexibility index (Phi) is 6.46. The van der Waals surface area contributed by atoms with E-state index in [1.165, 1.54) is 32.8 Å². The van der Waals surface area contributed by atoms with Gasteiger partial charge in [-0.05, 0) is 53.6 Å². The molecular formula is C46H30N4. The standard InChI is InChI=1S/C46H30N4/c1-4-15-31(16-5-1)33-19-14-20-34(29-33)40-30-39(32-17-6-2-7-18-32)47-46(48-40)50-42-26-13-11-24-38(42)44-43(50)28-27-37-36-23-10-12-25-41(36)49(45(37)44)35-21-8-3-9-22-35/h1-30H. The Morgan fingerprint density at radius 2 is 0.900 bits per heavy atom. The summed E-state index contributed by atoms with van der Waals surface area (Å²) in [5.74, 6) is 0.638. The fourth-order valence-electron chi connectivity index (χ4n) is 7.50. The van der Waals surface area contributed by atoms with Crippen molar-refractivity contribution in [2.45, 2.75) is 0 Å². The fraction of sp³-hybridized carbons (Fsp3) is 0. The number of hydrogen-bond donors (Lipinski definition) is 0. The molecule has 0 aliphatic rings. The van der Waals surface area contributed by atoms with Crippen molar-refractivity contribution in [2.24, 2.45) is 0 Å². The van der Waals surface area contributed by atoms with E-state index in [0.717, 1.165) is 50.2 Å². The first-order valence-electron chi connectivity index (χ1n) is 16.9. The van der Waals surface area contributed by atoms with E-state index in [2.05, 4.69) is 185 Å². The highest BCUT2D eigenvalue weighted by molar-refractivity contribution is 6.26. The van der Waals surface area contributed by atoms with Gasteiger partial charge < -0.3 is 4.57 Å². The second kappa shape index (κ2) is 11.4. The molecule has 4 heteroatoms. The number of hydrogen-bond acceptors (Lipinski definition) is 2. The van der Waals surface area contributed by atoms with E-state index in [0.29, 0.717) is 5.95 Å².